The van der Waals surface area contributed by atoms with Crippen LogP contribution in [0.4, 0.5) is 10.1 Å². The summed E-state index contributed by atoms with van der Waals surface area (Å²) in [5.41, 5.74) is 11.0. The molecule has 2 aromatic carbocycles. The number of aromatic nitrogens is 5. The Morgan fingerprint density at radius 1 is 1.00 bits per heavy atom. The second kappa shape index (κ2) is 16.2. The number of carbonyl (C=O) groups excluding carboxylic acids is 3. The Morgan fingerprint density at radius 3 is 2.40 bits per heavy atom. The average Bonchev–Trinajstić information content (AvgIpc) is 3.68. The third kappa shape index (κ3) is 8.64. The summed E-state index contributed by atoms with van der Waals surface area (Å²) in [6, 6.07) is 16.2. The molecule has 2 amide bonds. The molecule has 1 saturated carbocycles. The van der Waals surface area contributed by atoms with Crippen LogP contribution in [0.5, 0.6) is 0 Å². The van der Waals surface area contributed by atoms with E-state index in [4.69, 9.17) is 5.73 Å². The lowest BCUT2D eigenvalue weighted by Crippen LogP contribution is -2.51. The number of aryl methyl sites for hydroxylation is 1. The number of anilines is 1. The molecule has 1 saturated heterocycles. The first-order valence-corrected chi connectivity index (χ1v) is 17.4. The van der Waals surface area contributed by atoms with E-state index >= 15 is 0 Å². The molecule has 1 aliphatic heterocycles. The van der Waals surface area contributed by atoms with Crippen molar-refractivity contribution < 1.29 is 18.8 Å². The molecule has 0 spiro atoms. The van der Waals surface area contributed by atoms with Crippen molar-refractivity contribution in [2.45, 2.75) is 64.1 Å². The number of piperidine rings is 1. The standard InChI is InChI=1S/C37H44FN9O3/c1-22-16-33(37(50)43-32-14-15-40-21-31(32)38)41-20-30(22)25-6-2-23(3-7-25)17-28(18-34(48)26-8-4-24(19-39)5-9-26)36(49)42-29-12-10-27(11-13-29)35-44-46-47-45-35/h2-3,6-7,10-13,16,20,24,26,28,31-32,40H,4-5,8-9,14-15,17-19,21,39H2,1H3,(H,42,49)(H,43,50)(H,44,45,46,47)/t24?,26?,28-,31?,32?/m1/s1. The monoisotopic (exact) mass is 681 g/mol. The van der Waals surface area contributed by atoms with Gasteiger partial charge in [0, 0.05) is 47.8 Å². The predicted molar refractivity (Wildman–Crippen MR) is 188 cm³/mol. The number of aromatic amines is 1. The largest absolute Gasteiger partial charge is 0.345 e. The first kappa shape index (κ1) is 35.0. The van der Waals surface area contributed by atoms with Crippen LogP contribution in [0.1, 0.15) is 60.1 Å². The summed E-state index contributed by atoms with van der Waals surface area (Å²) in [6.07, 6.45) is 5.09. The van der Waals surface area contributed by atoms with Gasteiger partial charge in [-0.1, -0.05) is 24.3 Å². The molecule has 2 aliphatic rings. The van der Waals surface area contributed by atoms with E-state index in [-0.39, 0.29) is 36.3 Å². The van der Waals surface area contributed by atoms with Crippen molar-refractivity contribution in [2.75, 3.05) is 25.0 Å². The Bertz CT molecular complexity index is 1760. The fourth-order valence-electron chi connectivity index (χ4n) is 6.93. The van der Waals surface area contributed by atoms with Crippen molar-refractivity contribution in [1.82, 2.24) is 36.2 Å². The molecule has 50 heavy (non-hydrogen) atoms. The van der Waals surface area contributed by atoms with E-state index in [1.807, 2.05) is 31.2 Å². The van der Waals surface area contributed by atoms with Crippen LogP contribution in [0.15, 0.2) is 60.8 Å². The van der Waals surface area contributed by atoms with Crippen LogP contribution in [0, 0.1) is 24.7 Å². The number of tetrazole rings is 1. The maximum absolute atomic E-state index is 14.2. The summed E-state index contributed by atoms with van der Waals surface area (Å²) < 4.78 is 14.2. The number of benzene rings is 2. The van der Waals surface area contributed by atoms with Gasteiger partial charge in [-0.15, -0.1) is 10.2 Å². The van der Waals surface area contributed by atoms with Gasteiger partial charge in [0.1, 0.15) is 17.6 Å². The number of ketones is 1. The van der Waals surface area contributed by atoms with Gasteiger partial charge in [0.15, 0.2) is 0 Å². The molecule has 2 aromatic heterocycles. The molecular formula is C37H44FN9O3. The number of pyridine rings is 1. The van der Waals surface area contributed by atoms with Crippen LogP contribution in [0.25, 0.3) is 22.5 Å². The van der Waals surface area contributed by atoms with Crippen LogP contribution < -0.4 is 21.7 Å². The highest BCUT2D eigenvalue weighted by molar-refractivity contribution is 5.96. The van der Waals surface area contributed by atoms with E-state index in [1.54, 1.807) is 36.5 Å². The lowest BCUT2D eigenvalue weighted by Gasteiger charge is -2.27. The number of hydrogen-bond acceptors (Lipinski definition) is 9. The van der Waals surface area contributed by atoms with Crippen molar-refractivity contribution in [3.05, 3.63) is 77.6 Å². The highest BCUT2D eigenvalue weighted by atomic mass is 19.1. The van der Waals surface area contributed by atoms with Crippen LogP contribution in [0.3, 0.4) is 0 Å². The molecular weight excluding hydrogens is 637 g/mol. The van der Waals surface area contributed by atoms with E-state index in [1.165, 1.54) is 0 Å². The summed E-state index contributed by atoms with van der Waals surface area (Å²) in [7, 11) is 0. The summed E-state index contributed by atoms with van der Waals surface area (Å²) in [6.45, 7) is 3.43. The van der Waals surface area contributed by atoms with E-state index in [0.717, 1.165) is 53.5 Å². The zero-order chi connectivity index (χ0) is 35.0. The molecule has 12 nitrogen and oxygen atoms in total. The molecule has 3 heterocycles. The molecule has 3 atom stereocenters. The van der Waals surface area contributed by atoms with Crippen molar-refractivity contribution in [1.29, 1.82) is 0 Å². The first-order valence-electron chi connectivity index (χ1n) is 17.4. The SMILES string of the molecule is Cc1cc(C(=O)NC2CCNCC2F)ncc1-c1ccc(C[C@H](CC(=O)C2CCC(CN)CC2)C(=O)Nc2ccc(-c3nn[nH]n3)cc2)cc1. The highest BCUT2D eigenvalue weighted by Crippen LogP contribution is 2.31. The van der Waals surface area contributed by atoms with Gasteiger partial charge in [0.05, 0.1) is 6.04 Å². The first-order chi connectivity index (χ1) is 24.3. The lowest BCUT2D eigenvalue weighted by atomic mass is 9.77. The maximum atomic E-state index is 14.2. The number of alkyl halides is 1. The number of Topliss-reactive ketones (excluding diaryl/α,β-unsaturated/α-hetero) is 1. The summed E-state index contributed by atoms with van der Waals surface area (Å²) in [5, 5.41) is 22.8. The van der Waals surface area contributed by atoms with Gasteiger partial charge >= 0.3 is 0 Å². The molecule has 1 aliphatic carbocycles. The summed E-state index contributed by atoms with van der Waals surface area (Å²) >= 11 is 0. The maximum Gasteiger partial charge on any atom is 0.270 e. The molecule has 13 heteroatoms. The molecule has 4 aromatic rings. The van der Waals surface area contributed by atoms with Crippen LogP contribution >= 0.6 is 0 Å². The number of H-pyrrole nitrogens is 1. The number of nitrogens with two attached hydrogens (primary N) is 1. The van der Waals surface area contributed by atoms with Gasteiger partial charge in [0.2, 0.25) is 11.7 Å². The normalized spacial score (nSPS) is 21.3. The molecule has 262 valence electrons. The van der Waals surface area contributed by atoms with Crippen LogP contribution in [-0.4, -0.2) is 75.1 Å². The van der Waals surface area contributed by atoms with Crippen molar-refractivity contribution >= 4 is 23.3 Å². The van der Waals surface area contributed by atoms with Gasteiger partial charge in [-0.25, -0.2) is 4.39 Å². The van der Waals surface area contributed by atoms with E-state index in [0.29, 0.717) is 43.4 Å². The molecule has 2 fully saturated rings. The smallest absolute Gasteiger partial charge is 0.270 e. The van der Waals surface area contributed by atoms with Crippen molar-refractivity contribution in [2.24, 2.45) is 23.5 Å². The minimum absolute atomic E-state index is 0.0525. The van der Waals surface area contributed by atoms with Gasteiger partial charge in [-0.2, -0.15) is 5.21 Å². The topological polar surface area (TPSA) is 181 Å². The minimum atomic E-state index is -1.14. The zero-order valence-corrected chi connectivity index (χ0v) is 28.2. The number of halogens is 1. The second-order valence-electron chi connectivity index (χ2n) is 13.5. The number of nitrogens with one attached hydrogen (secondary N) is 4. The highest BCUT2D eigenvalue weighted by Gasteiger charge is 2.30. The van der Waals surface area contributed by atoms with Gasteiger partial charge in [-0.05, 0) is 117 Å². The molecule has 2 unspecified atom stereocenters. The third-order valence-electron chi connectivity index (χ3n) is 10.0. The molecule has 6 N–H and O–H groups in total. The number of carbonyl (C=O) groups is 3. The number of hydrogen-bond donors (Lipinski definition) is 5. The number of rotatable bonds is 12. The van der Waals surface area contributed by atoms with E-state index in [9.17, 15) is 18.8 Å². The second-order valence-corrected chi connectivity index (χ2v) is 13.5. The van der Waals surface area contributed by atoms with Crippen LogP contribution in [0.2, 0.25) is 0 Å². The molecule has 0 radical (unpaired) electrons. The quantitative estimate of drug-likeness (QED) is 0.147. The van der Waals surface area contributed by atoms with Crippen molar-refractivity contribution in [3.8, 4) is 22.5 Å². The summed E-state index contributed by atoms with van der Waals surface area (Å²) in [5.74, 6) is -0.191. The van der Waals surface area contributed by atoms with E-state index in [2.05, 4.69) is 41.6 Å². The van der Waals surface area contributed by atoms with E-state index < -0.39 is 24.0 Å². The van der Waals surface area contributed by atoms with Gasteiger partial charge in [-0.3, -0.25) is 19.4 Å². The fraction of sp³-hybridized carbons (Fsp3) is 0.432. The zero-order valence-electron chi connectivity index (χ0n) is 28.2. The van der Waals surface area contributed by atoms with Gasteiger partial charge in [0.25, 0.3) is 5.91 Å². The number of nitrogens with zero attached hydrogens (tertiary/aromatic N) is 4. The Hall–Kier alpha value is -4.88. The van der Waals surface area contributed by atoms with Gasteiger partial charge < -0.3 is 21.7 Å². The average molecular weight is 682 g/mol. The Balaban J connectivity index is 1.14. The predicted octanol–water partition coefficient (Wildman–Crippen LogP) is 4.19. The van der Waals surface area contributed by atoms with Crippen molar-refractivity contribution in [3.63, 3.8) is 0 Å². The number of amides is 2. The fourth-order valence-corrected chi connectivity index (χ4v) is 6.93. The van der Waals surface area contributed by atoms with Crippen LogP contribution in [-0.2, 0) is 16.0 Å². The molecule has 0 bridgehead atoms. The Labute approximate surface area is 290 Å². The lowest BCUT2D eigenvalue weighted by molar-refractivity contribution is -0.129. The molecule has 6 rings (SSSR count). The minimum Gasteiger partial charge on any atom is -0.345 e. The summed E-state index contributed by atoms with van der Waals surface area (Å²) in [4.78, 5) is 44.4. The third-order valence-corrected chi connectivity index (χ3v) is 10.0. The Morgan fingerprint density at radius 2 is 1.74 bits per heavy atom. The Kier molecular flexibility index (Phi) is 11.3.